The Bertz CT molecular complexity index is 617. The molecule has 0 spiro atoms. The summed E-state index contributed by atoms with van der Waals surface area (Å²) in [7, 11) is 0. The number of halogens is 1. The summed E-state index contributed by atoms with van der Waals surface area (Å²) in [5, 5.41) is 7.07. The zero-order chi connectivity index (χ0) is 20.4. The van der Waals surface area contributed by atoms with Crippen molar-refractivity contribution in [3.8, 4) is 0 Å². The van der Waals surface area contributed by atoms with Gasteiger partial charge in [0.15, 0.2) is 5.11 Å². The highest BCUT2D eigenvalue weighted by molar-refractivity contribution is 7.80. The van der Waals surface area contributed by atoms with E-state index < -0.39 is 0 Å². The van der Waals surface area contributed by atoms with Crippen molar-refractivity contribution in [2.75, 3.05) is 44.6 Å². The molecule has 0 bridgehead atoms. The van der Waals surface area contributed by atoms with Gasteiger partial charge in [-0.2, -0.15) is 0 Å². The third-order valence-corrected chi connectivity index (χ3v) is 5.64. The van der Waals surface area contributed by atoms with E-state index in [1.807, 2.05) is 0 Å². The Morgan fingerprint density at radius 3 is 2.46 bits per heavy atom. The van der Waals surface area contributed by atoms with Gasteiger partial charge in [0.25, 0.3) is 0 Å². The van der Waals surface area contributed by atoms with E-state index in [1.54, 1.807) is 12.1 Å². The van der Waals surface area contributed by atoms with Crippen molar-refractivity contribution in [2.24, 2.45) is 5.92 Å². The van der Waals surface area contributed by atoms with Gasteiger partial charge in [-0.25, -0.2) is 4.39 Å². The van der Waals surface area contributed by atoms with E-state index in [9.17, 15) is 9.18 Å². The number of hydrogen-bond acceptors (Lipinski definition) is 3. The number of nitrogens with zero attached hydrogens (tertiary/aromatic N) is 2. The minimum atomic E-state index is -0.311. The van der Waals surface area contributed by atoms with Gasteiger partial charge in [-0.3, -0.25) is 9.69 Å². The van der Waals surface area contributed by atoms with Crippen LogP contribution in [0.4, 0.5) is 10.1 Å². The van der Waals surface area contributed by atoms with Crippen LogP contribution in [0.25, 0.3) is 0 Å². The van der Waals surface area contributed by atoms with Gasteiger partial charge < -0.3 is 15.5 Å². The maximum absolute atomic E-state index is 12.9. The molecule has 156 valence electrons. The van der Waals surface area contributed by atoms with Crippen LogP contribution in [-0.4, -0.2) is 60.1 Å². The topological polar surface area (TPSA) is 47.6 Å². The van der Waals surface area contributed by atoms with Gasteiger partial charge >= 0.3 is 0 Å². The first-order valence-electron chi connectivity index (χ1n) is 10.3. The van der Waals surface area contributed by atoms with Gasteiger partial charge in [0.05, 0.1) is 6.54 Å². The number of carbonyl (C=O) groups is 1. The molecular weight excluding hydrogens is 375 g/mol. The molecule has 7 heteroatoms. The van der Waals surface area contributed by atoms with Crippen LogP contribution < -0.4 is 10.6 Å². The molecule has 0 aliphatic carbocycles. The highest BCUT2D eigenvalue weighted by Gasteiger charge is 2.21. The van der Waals surface area contributed by atoms with E-state index in [0.717, 1.165) is 37.8 Å². The molecule has 1 aromatic carbocycles. The number of rotatable bonds is 9. The molecule has 1 aliphatic heterocycles. The molecule has 28 heavy (non-hydrogen) atoms. The lowest BCUT2D eigenvalue weighted by atomic mass is 9.99. The lowest BCUT2D eigenvalue weighted by molar-refractivity contribution is -0.117. The van der Waals surface area contributed by atoms with E-state index >= 15 is 0 Å². The maximum atomic E-state index is 12.9. The molecule has 0 aromatic heterocycles. The van der Waals surface area contributed by atoms with Crippen LogP contribution in [-0.2, 0) is 4.79 Å². The van der Waals surface area contributed by atoms with Gasteiger partial charge in [0.2, 0.25) is 5.91 Å². The lowest BCUT2D eigenvalue weighted by Crippen LogP contribution is -2.53. The third-order valence-electron chi connectivity index (χ3n) is 5.24. The second-order valence-electron chi connectivity index (χ2n) is 7.42. The van der Waals surface area contributed by atoms with Crippen molar-refractivity contribution >= 4 is 28.9 Å². The number of nitrogens with one attached hydrogen (secondary N) is 2. The van der Waals surface area contributed by atoms with Crippen molar-refractivity contribution in [3.63, 3.8) is 0 Å². The van der Waals surface area contributed by atoms with Gasteiger partial charge in [-0.1, -0.05) is 33.1 Å². The number of carbonyl (C=O) groups excluding carboxylic acids is 1. The van der Waals surface area contributed by atoms with Gasteiger partial charge in [0, 0.05) is 38.4 Å². The smallest absolute Gasteiger partial charge is 0.238 e. The minimum absolute atomic E-state index is 0.0810. The molecule has 2 rings (SSSR count). The van der Waals surface area contributed by atoms with Crippen molar-refractivity contribution in [3.05, 3.63) is 30.1 Å². The lowest BCUT2D eigenvalue weighted by Gasteiger charge is -2.36. The first-order valence-corrected chi connectivity index (χ1v) is 10.7. The molecule has 1 heterocycles. The first kappa shape index (κ1) is 22.6. The van der Waals surface area contributed by atoms with Crippen molar-refractivity contribution < 1.29 is 9.18 Å². The second kappa shape index (κ2) is 12.0. The summed E-state index contributed by atoms with van der Waals surface area (Å²) in [6.07, 6.45) is 4.93. The highest BCUT2D eigenvalue weighted by atomic mass is 32.1. The average molecular weight is 409 g/mol. The predicted octanol–water partition coefficient (Wildman–Crippen LogP) is 3.47. The monoisotopic (exact) mass is 408 g/mol. The summed E-state index contributed by atoms with van der Waals surface area (Å²) < 4.78 is 12.9. The summed E-state index contributed by atoms with van der Waals surface area (Å²) >= 11 is 5.56. The Labute approximate surface area is 173 Å². The fourth-order valence-corrected chi connectivity index (χ4v) is 3.60. The number of amides is 1. The number of unbranched alkanes of at least 4 members (excludes halogenated alkanes) is 1. The van der Waals surface area contributed by atoms with Gasteiger partial charge in [0.1, 0.15) is 5.82 Å². The molecule has 0 unspecified atom stereocenters. The standard InChI is InChI=1S/C21H33FN4OS/c1-3-5-6-17(4-2)15-23-21(28)26-13-11-25(12-14-26)16-20(27)24-19-9-7-18(22)8-10-19/h7-10,17H,3-6,11-16H2,1-2H3,(H,23,28)(H,24,27)/t17-/m1/s1. The molecule has 1 amide bonds. The minimum Gasteiger partial charge on any atom is -0.362 e. The van der Waals surface area contributed by atoms with Gasteiger partial charge in [-0.15, -0.1) is 0 Å². The molecule has 1 atom stereocenters. The predicted molar refractivity (Wildman–Crippen MR) is 117 cm³/mol. The maximum Gasteiger partial charge on any atom is 0.238 e. The van der Waals surface area contributed by atoms with Crippen molar-refractivity contribution in [1.82, 2.24) is 15.1 Å². The summed E-state index contributed by atoms with van der Waals surface area (Å²) in [6.45, 7) is 8.97. The van der Waals surface area contributed by atoms with E-state index in [2.05, 4.69) is 34.3 Å². The Kier molecular flexibility index (Phi) is 9.64. The van der Waals surface area contributed by atoms with E-state index in [-0.39, 0.29) is 11.7 Å². The highest BCUT2D eigenvalue weighted by Crippen LogP contribution is 2.12. The number of thiocarbonyl (C=S) groups is 1. The normalized spacial score (nSPS) is 15.9. The zero-order valence-electron chi connectivity index (χ0n) is 17.0. The van der Waals surface area contributed by atoms with Crippen LogP contribution in [0, 0.1) is 11.7 Å². The number of benzene rings is 1. The van der Waals surface area contributed by atoms with E-state index in [4.69, 9.17) is 12.2 Å². The summed E-state index contributed by atoms with van der Waals surface area (Å²) in [4.78, 5) is 16.5. The van der Waals surface area contributed by atoms with Crippen molar-refractivity contribution in [2.45, 2.75) is 39.5 Å². The third kappa shape index (κ3) is 7.72. The van der Waals surface area contributed by atoms with Gasteiger partial charge in [-0.05, 0) is 48.8 Å². The number of hydrogen-bond donors (Lipinski definition) is 2. The Morgan fingerprint density at radius 1 is 1.18 bits per heavy atom. The fourth-order valence-electron chi connectivity index (χ4n) is 3.33. The molecule has 0 saturated carbocycles. The molecule has 1 aliphatic rings. The van der Waals surface area contributed by atoms with Crippen LogP contribution in [0.2, 0.25) is 0 Å². The summed E-state index contributed by atoms with van der Waals surface area (Å²) in [5.41, 5.74) is 0.615. The van der Waals surface area contributed by atoms with Crippen LogP contribution in [0.5, 0.6) is 0 Å². The largest absolute Gasteiger partial charge is 0.362 e. The second-order valence-corrected chi connectivity index (χ2v) is 7.81. The molecule has 1 aromatic rings. The Balaban J connectivity index is 1.67. The van der Waals surface area contributed by atoms with Crippen LogP contribution in [0.1, 0.15) is 39.5 Å². The Hall–Kier alpha value is -1.73. The Morgan fingerprint density at radius 2 is 1.86 bits per heavy atom. The molecule has 5 nitrogen and oxygen atoms in total. The van der Waals surface area contributed by atoms with Crippen LogP contribution >= 0.6 is 12.2 Å². The summed E-state index contributed by atoms with van der Waals surface area (Å²) in [6, 6.07) is 5.82. The van der Waals surface area contributed by atoms with Crippen molar-refractivity contribution in [1.29, 1.82) is 0 Å². The summed E-state index contributed by atoms with van der Waals surface area (Å²) in [5.74, 6) is 0.283. The SMILES string of the molecule is CCCC[C@@H](CC)CNC(=S)N1CCN(CC(=O)Nc2ccc(F)cc2)CC1. The molecule has 1 fully saturated rings. The molecule has 0 radical (unpaired) electrons. The fraction of sp³-hybridized carbons (Fsp3) is 0.619. The molecular formula is C21H33FN4OS. The first-order chi connectivity index (χ1) is 13.5. The number of anilines is 1. The number of piperazine rings is 1. The van der Waals surface area contributed by atoms with E-state index in [0.29, 0.717) is 18.2 Å². The van der Waals surface area contributed by atoms with E-state index in [1.165, 1.54) is 37.8 Å². The van der Waals surface area contributed by atoms with Crippen LogP contribution in [0.15, 0.2) is 24.3 Å². The average Bonchev–Trinajstić information content (AvgIpc) is 2.70. The zero-order valence-corrected chi connectivity index (χ0v) is 17.9. The molecule has 1 saturated heterocycles. The quantitative estimate of drug-likeness (QED) is 0.613. The molecule has 2 N–H and O–H groups in total. The van der Waals surface area contributed by atoms with Crippen LogP contribution in [0.3, 0.4) is 0 Å².